The second-order valence-electron chi connectivity index (χ2n) is 9.08. The highest BCUT2D eigenvalue weighted by Gasteiger charge is 2.38. The molecule has 0 saturated heterocycles. The maximum absolute atomic E-state index is 3.90. The van der Waals surface area contributed by atoms with Crippen LogP contribution in [0.5, 0.6) is 0 Å². The van der Waals surface area contributed by atoms with E-state index in [0.29, 0.717) is 0 Å². The number of rotatable bonds is 13. The molecular formula is C32H40Si. The van der Waals surface area contributed by atoms with Gasteiger partial charge in [0.05, 0.1) is 0 Å². The molecule has 0 aromatic heterocycles. The Morgan fingerprint density at radius 2 is 0.848 bits per heavy atom. The third-order valence-corrected chi connectivity index (χ3v) is 10.7. The van der Waals surface area contributed by atoms with Gasteiger partial charge in [-0.05, 0) is 22.0 Å². The molecule has 0 aliphatic rings. The van der Waals surface area contributed by atoms with Crippen LogP contribution in [0.15, 0.2) is 91.0 Å². The summed E-state index contributed by atoms with van der Waals surface area (Å²) in [4.78, 5) is 0. The van der Waals surface area contributed by atoms with Gasteiger partial charge in [0.25, 0.3) is 0 Å². The molecule has 1 heteroatoms. The fourth-order valence-electron chi connectivity index (χ4n) is 4.68. The summed E-state index contributed by atoms with van der Waals surface area (Å²) in [6, 6.07) is 33.0. The minimum absolute atomic E-state index is 0.998. The topological polar surface area (TPSA) is 0 Å². The molecule has 0 spiro atoms. The van der Waals surface area contributed by atoms with Gasteiger partial charge >= 0.3 is 0 Å². The van der Waals surface area contributed by atoms with E-state index in [4.69, 9.17) is 0 Å². The van der Waals surface area contributed by atoms with Crippen molar-refractivity contribution in [2.75, 3.05) is 0 Å². The summed E-state index contributed by atoms with van der Waals surface area (Å²) in [5, 5.41) is 4.12. The molecule has 0 radical (unpaired) electrons. The smallest absolute Gasteiger partial charge is 0.114 e. The van der Waals surface area contributed by atoms with Crippen LogP contribution >= 0.6 is 0 Å². The van der Waals surface area contributed by atoms with E-state index in [9.17, 15) is 0 Å². The quantitative estimate of drug-likeness (QED) is 0.113. The Bertz CT molecular complexity index is 854. The van der Waals surface area contributed by atoms with Gasteiger partial charge in [-0.3, -0.25) is 0 Å². The summed E-state index contributed by atoms with van der Waals surface area (Å²) in [5.41, 5.74) is 3.90. The number of benzene rings is 3. The summed E-state index contributed by atoms with van der Waals surface area (Å²) in [5.74, 6) is 3.66. The highest BCUT2D eigenvalue weighted by Crippen LogP contribution is 2.12. The van der Waals surface area contributed by atoms with Crippen LogP contribution in [0.2, 0.25) is 0 Å². The zero-order valence-corrected chi connectivity index (χ0v) is 21.4. The van der Waals surface area contributed by atoms with Gasteiger partial charge < -0.3 is 0 Å². The van der Waals surface area contributed by atoms with Gasteiger partial charge in [-0.15, -0.1) is 11.5 Å². The molecule has 3 rings (SSSR count). The molecular weight excluding hydrogens is 412 g/mol. The van der Waals surface area contributed by atoms with E-state index >= 15 is 0 Å². The first-order chi connectivity index (χ1) is 16.4. The van der Waals surface area contributed by atoms with E-state index in [1.807, 2.05) is 0 Å². The summed E-state index contributed by atoms with van der Waals surface area (Å²) in [7, 11) is -2.38. The third kappa shape index (κ3) is 7.48. The first kappa shape index (κ1) is 25.1. The highest BCUT2D eigenvalue weighted by atomic mass is 28.3. The standard InChI is InChI=1S/C32H40Si/c1-2-3-4-5-6-7-8-9-10-11-12-22-29-33(30-23-16-13-17-24-30,31-25-18-14-19-26-31)32-27-20-15-21-28-32/h13-21,23-28H,2-12H2,1H3. The molecule has 0 unspecified atom stereocenters. The van der Waals surface area contributed by atoms with Crippen LogP contribution in [0, 0.1) is 11.5 Å². The van der Waals surface area contributed by atoms with Gasteiger partial charge in [0.2, 0.25) is 8.07 Å². The van der Waals surface area contributed by atoms with Crippen molar-refractivity contribution >= 4 is 23.6 Å². The summed E-state index contributed by atoms with van der Waals surface area (Å²) in [6.45, 7) is 2.29. The van der Waals surface area contributed by atoms with E-state index in [1.165, 1.54) is 79.8 Å². The minimum Gasteiger partial charge on any atom is -0.114 e. The van der Waals surface area contributed by atoms with Crippen LogP contribution in [0.25, 0.3) is 0 Å². The minimum atomic E-state index is -2.38. The van der Waals surface area contributed by atoms with Gasteiger partial charge in [0, 0.05) is 6.42 Å². The Labute approximate surface area is 203 Å². The zero-order valence-electron chi connectivity index (χ0n) is 20.4. The van der Waals surface area contributed by atoms with Crippen molar-refractivity contribution in [3.8, 4) is 11.5 Å². The molecule has 33 heavy (non-hydrogen) atoms. The van der Waals surface area contributed by atoms with Crippen LogP contribution in [0.1, 0.15) is 77.6 Å². The van der Waals surface area contributed by atoms with Crippen molar-refractivity contribution in [2.45, 2.75) is 77.6 Å². The molecule has 0 saturated carbocycles. The number of unbranched alkanes of at least 4 members (excludes halogenated alkanes) is 10. The molecule has 0 bridgehead atoms. The van der Waals surface area contributed by atoms with Crippen molar-refractivity contribution in [1.82, 2.24) is 0 Å². The molecule has 0 amide bonds. The highest BCUT2D eigenvalue weighted by molar-refractivity contribution is 7.16. The number of hydrogen-bond donors (Lipinski definition) is 0. The average molecular weight is 453 g/mol. The van der Waals surface area contributed by atoms with Crippen LogP contribution in [0.3, 0.4) is 0 Å². The Morgan fingerprint density at radius 3 is 1.24 bits per heavy atom. The molecule has 172 valence electrons. The van der Waals surface area contributed by atoms with Crippen molar-refractivity contribution in [1.29, 1.82) is 0 Å². The number of hydrogen-bond acceptors (Lipinski definition) is 0. The van der Waals surface area contributed by atoms with Crippen molar-refractivity contribution in [3.63, 3.8) is 0 Å². The Morgan fingerprint density at radius 1 is 0.485 bits per heavy atom. The lowest BCUT2D eigenvalue weighted by atomic mass is 10.1. The Balaban J connectivity index is 1.68. The predicted octanol–water partition coefficient (Wildman–Crippen LogP) is 7.01. The fraction of sp³-hybridized carbons (Fsp3) is 0.375. The van der Waals surface area contributed by atoms with Gasteiger partial charge in [0.1, 0.15) is 0 Å². The Hall–Kier alpha value is -2.56. The molecule has 0 N–H and O–H groups in total. The Kier molecular flexibility index (Phi) is 11.1. The van der Waals surface area contributed by atoms with Gasteiger partial charge in [0.15, 0.2) is 0 Å². The van der Waals surface area contributed by atoms with E-state index < -0.39 is 8.07 Å². The molecule has 3 aromatic carbocycles. The molecule has 0 aliphatic heterocycles. The average Bonchev–Trinajstić information content (AvgIpc) is 2.89. The molecule has 0 aliphatic carbocycles. The first-order valence-electron chi connectivity index (χ1n) is 13.0. The molecule has 0 nitrogen and oxygen atoms in total. The van der Waals surface area contributed by atoms with Crippen LogP contribution in [-0.4, -0.2) is 8.07 Å². The second-order valence-corrected chi connectivity index (χ2v) is 12.6. The van der Waals surface area contributed by atoms with E-state index in [1.54, 1.807) is 0 Å². The van der Waals surface area contributed by atoms with E-state index in [2.05, 4.69) is 109 Å². The van der Waals surface area contributed by atoms with Gasteiger partial charge in [-0.2, -0.15) is 0 Å². The van der Waals surface area contributed by atoms with Crippen LogP contribution in [0.4, 0.5) is 0 Å². The molecule has 0 fully saturated rings. The zero-order chi connectivity index (χ0) is 23.0. The van der Waals surface area contributed by atoms with Crippen LogP contribution in [-0.2, 0) is 0 Å². The SMILES string of the molecule is CCCCCCCCCCCCC#C[Si](c1ccccc1)(c1ccccc1)c1ccccc1. The van der Waals surface area contributed by atoms with Crippen molar-refractivity contribution in [3.05, 3.63) is 91.0 Å². The lowest BCUT2D eigenvalue weighted by molar-refractivity contribution is 0.558. The summed E-state index contributed by atoms with van der Waals surface area (Å²) in [6.07, 6.45) is 14.7. The normalized spacial score (nSPS) is 11.1. The summed E-state index contributed by atoms with van der Waals surface area (Å²) >= 11 is 0. The first-order valence-corrected chi connectivity index (χ1v) is 15.0. The fourth-order valence-corrected chi connectivity index (χ4v) is 8.58. The predicted molar refractivity (Wildman–Crippen MR) is 148 cm³/mol. The third-order valence-electron chi connectivity index (χ3n) is 6.55. The molecule has 0 heterocycles. The van der Waals surface area contributed by atoms with Crippen LogP contribution < -0.4 is 15.6 Å². The monoisotopic (exact) mass is 452 g/mol. The lowest BCUT2D eigenvalue weighted by Gasteiger charge is -2.28. The molecule has 3 aromatic rings. The van der Waals surface area contributed by atoms with Gasteiger partial charge in [-0.25, -0.2) is 0 Å². The largest absolute Gasteiger partial charge is 0.229 e. The second kappa shape index (κ2) is 14.6. The summed E-state index contributed by atoms with van der Waals surface area (Å²) < 4.78 is 0. The van der Waals surface area contributed by atoms with E-state index in [-0.39, 0.29) is 0 Å². The molecule has 0 atom stereocenters. The maximum atomic E-state index is 3.90. The van der Waals surface area contributed by atoms with Crippen molar-refractivity contribution < 1.29 is 0 Å². The maximum Gasteiger partial charge on any atom is 0.229 e. The lowest BCUT2D eigenvalue weighted by Crippen LogP contribution is -2.66. The van der Waals surface area contributed by atoms with Crippen molar-refractivity contribution in [2.24, 2.45) is 0 Å². The van der Waals surface area contributed by atoms with Gasteiger partial charge in [-0.1, -0.05) is 156 Å². The van der Waals surface area contributed by atoms with E-state index in [0.717, 1.165) is 6.42 Å².